The van der Waals surface area contributed by atoms with Crippen molar-refractivity contribution in [2.45, 2.75) is 88.5 Å². The molecular formula is C30H35FN2O6. The van der Waals surface area contributed by atoms with Gasteiger partial charge in [-0.1, -0.05) is 30.3 Å². The summed E-state index contributed by atoms with van der Waals surface area (Å²) < 4.78 is 45.4. The Morgan fingerprint density at radius 1 is 1.13 bits per heavy atom. The Bertz CT molecular complexity index is 1190. The largest absolute Gasteiger partial charge is 0.376 e. The summed E-state index contributed by atoms with van der Waals surface area (Å²) in [6.07, 6.45) is 0.848. The van der Waals surface area contributed by atoms with Gasteiger partial charge in [0.05, 0.1) is 43.2 Å². The van der Waals surface area contributed by atoms with E-state index in [1.807, 2.05) is 26.0 Å². The molecule has 0 radical (unpaired) electrons. The van der Waals surface area contributed by atoms with Gasteiger partial charge in [-0.05, 0) is 50.5 Å². The number of nitriles is 1. The summed E-state index contributed by atoms with van der Waals surface area (Å²) in [5.74, 6) is -1.55. The molecule has 0 bridgehead atoms. The van der Waals surface area contributed by atoms with Crippen LogP contribution in [0.25, 0.3) is 0 Å². The standard InChI is InChI=1S/C30H35FN2O6/c1-29(2)38-26-15-30(28(34)33-17-23-7-5-13-35-23,37-19-22-6-3-4-8-24(22)31)14-25(27(26)39-29)36-18-21-11-9-20(16-32)10-12-21/h3-4,6,8-12,23,25-27H,5,7,13-15,17-19H2,1-2H3,(H,33,34)/t23?,25?,26-,27+,30-/m1/s1. The maximum absolute atomic E-state index is 14.5. The second-order valence-corrected chi connectivity index (χ2v) is 10.9. The normalized spacial score (nSPS) is 29.5. The number of hydrogen-bond acceptors (Lipinski definition) is 7. The van der Waals surface area contributed by atoms with Gasteiger partial charge in [0.1, 0.15) is 11.9 Å². The first-order valence-corrected chi connectivity index (χ1v) is 13.5. The number of benzene rings is 2. The van der Waals surface area contributed by atoms with Gasteiger partial charge in [0.15, 0.2) is 11.4 Å². The summed E-state index contributed by atoms with van der Waals surface area (Å²) in [6.45, 7) is 4.90. The first kappa shape index (κ1) is 27.7. The highest BCUT2D eigenvalue weighted by Crippen LogP contribution is 2.44. The zero-order valence-corrected chi connectivity index (χ0v) is 22.4. The van der Waals surface area contributed by atoms with E-state index >= 15 is 0 Å². The first-order valence-electron chi connectivity index (χ1n) is 13.5. The SMILES string of the molecule is CC1(C)O[C@@H]2C[C@@](OCc3ccccc3F)(C(=O)NCC3CCCO3)CC(OCc3ccc(C#N)cc3)[C@@H]2O1. The summed E-state index contributed by atoms with van der Waals surface area (Å²) in [4.78, 5) is 13.9. The molecule has 2 aromatic carbocycles. The molecule has 0 spiro atoms. The number of halogens is 1. The van der Waals surface area contributed by atoms with E-state index in [2.05, 4.69) is 11.4 Å². The van der Waals surface area contributed by atoms with Crippen molar-refractivity contribution in [2.75, 3.05) is 13.2 Å². The first-order chi connectivity index (χ1) is 18.8. The zero-order valence-electron chi connectivity index (χ0n) is 22.4. The molecule has 8 nitrogen and oxygen atoms in total. The van der Waals surface area contributed by atoms with Crippen LogP contribution in [0.2, 0.25) is 0 Å². The molecule has 2 heterocycles. The highest BCUT2D eigenvalue weighted by Gasteiger charge is 2.58. The number of hydrogen-bond donors (Lipinski definition) is 1. The summed E-state index contributed by atoms with van der Waals surface area (Å²) in [6, 6.07) is 15.6. The van der Waals surface area contributed by atoms with Gasteiger partial charge >= 0.3 is 0 Å². The van der Waals surface area contributed by atoms with E-state index in [1.165, 1.54) is 6.07 Å². The molecule has 1 N–H and O–H groups in total. The van der Waals surface area contributed by atoms with Crippen molar-refractivity contribution in [3.63, 3.8) is 0 Å². The molecule has 3 aliphatic rings. The van der Waals surface area contributed by atoms with Crippen molar-refractivity contribution >= 4 is 5.91 Å². The van der Waals surface area contributed by atoms with Gasteiger partial charge in [-0.3, -0.25) is 4.79 Å². The molecule has 39 heavy (non-hydrogen) atoms. The fourth-order valence-corrected chi connectivity index (χ4v) is 5.59. The van der Waals surface area contributed by atoms with Crippen LogP contribution in [0, 0.1) is 17.1 Å². The van der Waals surface area contributed by atoms with Crippen LogP contribution in [0.15, 0.2) is 48.5 Å². The predicted octanol–water partition coefficient (Wildman–Crippen LogP) is 4.15. The molecule has 9 heteroatoms. The van der Waals surface area contributed by atoms with Gasteiger partial charge in [0, 0.05) is 31.6 Å². The van der Waals surface area contributed by atoms with Gasteiger partial charge in [-0.25, -0.2) is 4.39 Å². The fraction of sp³-hybridized carbons (Fsp3) is 0.533. The van der Waals surface area contributed by atoms with E-state index in [-0.39, 0.29) is 38.1 Å². The van der Waals surface area contributed by atoms with Crippen molar-refractivity contribution < 1.29 is 32.9 Å². The molecule has 2 unspecified atom stereocenters. The average Bonchev–Trinajstić information content (AvgIpc) is 3.56. The van der Waals surface area contributed by atoms with E-state index in [0.717, 1.165) is 18.4 Å². The molecule has 1 amide bonds. The van der Waals surface area contributed by atoms with E-state index < -0.39 is 35.5 Å². The smallest absolute Gasteiger partial charge is 0.252 e. The molecular weight excluding hydrogens is 503 g/mol. The summed E-state index contributed by atoms with van der Waals surface area (Å²) in [5.41, 5.74) is 0.482. The van der Waals surface area contributed by atoms with Crippen LogP contribution in [0.1, 0.15) is 56.2 Å². The van der Waals surface area contributed by atoms with Gasteiger partial charge in [0.25, 0.3) is 5.91 Å². The van der Waals surface area contributed by atoms with Crippen molar-refractivity contribution in [1.82, 2.24) is 5.32 Å². The molecule has 0 aromatic heterocycles. The van der Waals surface area contributed by atoms with Crippen LogP contribution < -0.4 is 5.32 Å². The average molecular weight is 539 g/mol. The molecule has 1 saturated carbocycles. The molecule has 2 aliphatic heterocycles. The minimum Gasteiger partial charge on any atom is -0.376 e. The summed E-state index contributed by atoms with van der Waals surface area (Å²) in [5, 5.41) is 12.1. The summed E-state index contributed by atoms with van der Waals surface area (Å²) in [7, 11) is 0. The monoisotopic (exact) mass is 538 g/mol. The van der Waals surface area contributed by atoms with E-state index in [0.29, 0.717) is 24.3 Å². The molecule has 1 aliphatic carbocycles. The number of fused-ring (bicyclic) bond motifs is 1. The van der Waals surface area contributed by atoms with Crippen LogP contribution in [-0.2, 0) is 41.7 Å². The lowest BCUT2D eigenvalue weighted by Crippen LogP contribution is -2.60. The van der Waals surface area contributed by atoms with Crippen LogP contribution in [0.3, 0.4) is 0 Å². The number of ether oxygens (including phenoxy) is 5. The lowest BCUT2D eigenvalue weighted by molar-refractivity contribution is -0.184. The number of amides is 1. The minimum atomic E-state index is -1.33. The van der Waals surface area contributed by atoms with Gasteiger partial charge in [-0.15, -0.1) is 0 Å². The molecule has 5 rings (SSSR count). The molecule has 5 atom stereocenters. The Morgan fingerprint density at radius 2 is 1.92 bits per heavy atom. The Kier molecular flexibility index (Phi) is 8.31. The van der Waals surface area contributed by atoms with Crippen LogP contribution in [-0.4, -0.2) is 54.9 Å². The van der Waals surface area contributed by atoms with Crippen molar-refractivity contribution in [1.29, 1.82) is 5.26 Å². The molecule has 208 valence electrons. The molecule has 2 saturated heterocycles. The maximum atomic E-state index is 14.5. The van der Waals surface area contributed by atoms with Gasteiger partial charge in [0.2, 0.25) is 0 Å². The van der Waals surface area contributed by atoms with Crippen molar-refractivity contribution in [2.24, 2.45) is 0 Å². The van der Waals surface area contributed by atoms with Crippen LogP contribution in [0.5, 0.6) is 0 Å². The van der Waals surface area contributed by atoms with Gasteiger partial charge in [-0.2, -0.15) is 5.26 Å². The Hall–Kier alpha value is -2.87. The van der Waals surface area contributed by atoms with Crippen molar-refractivity contribution in [3.8, 4) is 6.07 Å². The lowest BCUT2D eigenvalue weighted by atomic mass is 9.78. The minimum absolute atomic E-state index is 0.0395. The molecule has 2 aromatic rings. The van der Waals surface area contributed by atoms with E-state index in [1.54, 1.807) is 30.3 Å². The predicted molar refractivity (Wildman–Crippen MR) is 139 cm³/mol. The van der Waals surface area contributed by atoms with Gasteiger partial charge < -0.3 is 29.0 Å². The Labute approximate surface area is 228 Å². The summed E-state index contributed by atoms with van der Waals surface area (Å²) >= 11 is 0. The third-order valence-electron chi connectivity index (χ3n) is 7.59. The molecule has 3 fully saturated rings. The lowest BCUT2D eigenvalue weighted by Gasteiger charge is -2.43. The highest BCUT2D eigenvalue weighted by atomic mass is 19.1. The van der Waals surface area contributed by atoms with E-state index in [4.69, 9.17) is 28.9 Å². The zero-order chi connectivity index (χ0) is 27.5. The third-order valence-corrected chi connectivity index (χ3v) is 7.59. The quantitative estimate of drug-likeness (QED) is 0.512. The number of carbonyl (C=O) groups excluding carboxylic acids is 1. The third kappa shape index (κ3) is 6.48. The van der Waals surface area contributed by atoms with E-state index in [9.17, 15) is 9.18 Å². The maximum Gasteiger partial charge on any atom is 0.252 e. The van der Waals surface area contributed by atoms with Crippen LogP contribution >= 0.6 is 0 Å². The second-order valence-electron chi connectivity index (χ2n) is 10.9. The second kappa shape index (κ2) is 11.7. The van der Waals surface area contributed by atoms with Crippen LogP contribution in [0.4, 0.5) is 4.39 Å². The number of carbonyl (C=O) groups is 1. The number of nitrogens with zero attached hydrogens (tertiary/aromatic N) is 1. The fourth-order valence-electron chi connectivity index (χ4n) is 5.59. The van der Waals surface area contributed by atoms with Crippen molar-refractivity contribution in [3.05, 3.63) is 71.0 Å². The Morgan fingerprint density at radius 3 is 2.64 bits per heavy atom. The highest BCUT2D eigenvalue weighted by molar-refractivity contribution is 5.85. The number of rotatable bonds is 9. The topological polar surface area (TPSA) is 99.0 Å². The Balaban J connectivity index is 1.39. The number of nitrogens with one attached hydrogen (secondary N) is 1.